The van der Waals surface area contributed by atoms with E-state index < -0.39 is 59.6 Å². The number of nitrogens with one attached hydrogen (secondary N) is 2. The zero-order valence-electron chi connectivity index (χ0n) is 25.5. The Labute approximate surface area is 278 Å². The number of carbonyl (C=O) groups excluding carboxylic acids is 4. The molecule has 254 valence electrons. The maximum absolute atomic E-state index is 15.0. The van der Waals surface area contributed by atoms with Gasteiger partial charge in [-0.05, 0) is 81.0 Å². The zero-order chi connectivity index (χ0) is 34.1. The molecule has 2 N–H and O–H groups in total. The summed E-state index contributed by atoms with van der Waals surface area (Å²) in [5.41, 5.74) is -0.671. The number of ether oxygens (including phenoxy) is 1. The summed E-state index contributed by atoms with van der Waals surface area (Å²) in [6, 6.07) is 3.18. The second kappa shape index (κ2) is 14.0. The smallest absolute Gasteiger partial charge is 0.422 e. The third-order valence-corrected chi connectivity index (χ3v) is 9.36. The van der Waals surface area contributed by atoms with Gasteiger partial charge in [0, 0.05) is 23.8 Å². The van der Waals surface area contributed by atoms with Crippen molar-refractivity contribution in [2.75, 3.05) is 13.2 Å². The number of likely N-dealkylation sites (tertiary alicyclic amines) is 1. The minimum absolute atomic E-state index is 0.0333. The lowest BCUT2D eigenvalue weighted by Crippen LogP contribution is -2.54. The monoisotopic (exact) mass is 700 g/mol. The zero-order valence-corrected chi connectivity index (χ0v) is 27.0. The average molecular weight is 702 g/mol. The van der Waals surface area contributed by atoms with E-state index in [1.54, 1.807) is 13.0 Å². The highest BCUT2D eigenvalue weighted by molar-refractivity contribution is 6.38. The van der Waals surface area contributed by atoms with Crippen molar-refractivity contribution in [1.29, 1.82) is 0 Å². The molecular formula is C32H34Cl2F4N4O5. The lowest BCUT2D eigenvalue weighted by atomic mass is 9.96. The van der Waals surface area contributed by atoms with Crippen molar-refractivity contribution >= 4 is 46.7 Å². The number of Topliss-reactive ketones (excluding diaryl/α,β-unsaturated/α-hetero) is 1. The molecule has 0 bridgehead atoms. The van der Waals surface area contributed by atoms with Crippen LogP contribution in [-0.4, -0.2) is 70.8 Å². The fourth-order valence-corrected chi connectivity index (χ4v) is 6.34. The molecule has 2 aromatic rings. The minimum Gasteiger partial charge on any atom is -0.484 e. The Kier molecular flexibility index (Phi) is 10.4. The number of halogens is 6. The predicted molar refractivity (Wildman–Crippen MR) is 163 cm³/mol. The van der Waals surface area contributed by atoms with Gasteiger partial charge < -0.3 is 20.3 Å². The summed E-state index contributed by atoms with van der Waals surface area (Å²) in [4.78, 5) is 58.6. The number of amides is 3. The van der Waals surface area contributed by atoms with E-state index in [-0.39, 0.29) is 52.8 Å². The van der Waals surface area contributed by atoms with Crippen LogP contribution < -0.4 is 15.4 Å². The SMILES string of the molecule is CCC(NC(=O)C1CC(CCc2ccc(OCC(F)(F)F)cc2Cl)CN1C(=O)C1(c2ncc(Cl)cc2F)CC1)C(=O)C(=O)NC1CC1. The second-order valence-corrected chi connectivity index (χ2v) is 13.3. The van der Waals surface area contributed by atoms with Crippen molar-refractivity contribution in [2.24, 2.45) is 5.92 Å². The number of hydrogen-bond acceptors (Lipinski definition) is 6. The number of aryl methyl sites for hydroxylation is 1. The topological polar surface area (TPSA) is 118 Å². The van der Waals surface area contributed by atoms with Crippen molar-refractivity contribution < 1.29 is 41.5 Å². The third kappa shape index (κ3) is 8.35. The largest absolute Gasteiger partial charge is 0.484 e. The molecule has 0 spiro atoms. The summed E-state index contributed by atoms with van der Waals surface area (Å²) in [5.74, 6) is -3.61. The molecule has 3 aliphatic rings. The van der Waals surface area contributed by atoms with Crippen molar-refractivity contribution in [2.45, 2.75) is 88.0 Å². The first kappa shape index (κ1) is 34.9. The van der Waals surface area contributed by atoms with Crippen molar-refractivity contribution in [1.82, 2.24) is 20.5 Å². The van der Waals surface area contributed by atoms with Gasteiger partial charge in [0.1, 0.15) is 17.6 Å². The molecule has 9 nitrogen and oxygen atoms in total. The Hall–Kier alpha value is -3.45. The Morgan fingerprint density at radius 1 is 1.15 bits per heavy atom. The maximum atomic E-state index is 15.0. The van der Waals surface area contributed by atoms with Crippen molar-refractivity contribution in [3.63, 3.8) is 0 Å². The number of pyridine rings is 1. The molecule has 15 heteroatoms. The molecule has 1 aromatic carbocycles. The van der Waals surface area contributed by atoms with E-state index in [0.29, 0.717) is 31.2 Å². The molecule has 0 radical (unpaired) electrons. The van der Waals surface area contributed by atoms with Gasteiger partial charge in [0.25, 0.3) is 5.91 Å². The van der Waals surface area contributed by atoms with E-state index in [0.717, 1.165) is 18.9 Å². The fourth-order valence-electron chi connectivity index (χ4n) is 5.93. The number of alkyl halides is 3. The van der Waals surface area contributed by atoms with Crippen LogP contribution in [0, 0.1) is 11.7 Å². The van der Waals surface area contributed by atoms with Gasteiger partial charge in [-0.15, -0.1) is 0 Å². The molecule has 1 aliphatic heterocycles. The van der Waals surface area contributed by atoms with Gasteiger partial charge in [0.2, 0.25) is 17.6 Å². The van der Waals surface area contributed by atoms with Crippen LogP contribution in [0.4, 0.5) is 17.6 Å². The molecule has 3 fully saturated rings. The summed E-state index contributed by atoms with van der Waals surface area (Å²) in [6.07, 6.45) is 0.186. The summed E-state index contributed by atoms with van der Waals surface area (Å²) in [5, 5.41) is 5.58. The highest BCUT2D eigenvalue weighted by atomic mass is 35.5. The first-order valence-corrected chi connectivity index (χ1v) is 16.2. The highest BCUT2D eigenvalue weighted by Gasteiger charge is 2.58. The molecule has 1 aromatic heterocycles. The van der Waals surface area contributed by atoms with E-state index in [4.69, 9.17) is 27.9 Å². The Balaban J connectivity index is 1.32. The van der Waals surface area contributed by atoms with Crippen molar-refractivity contribution in [3.8, 4) is 5.75 Å². The van der Waals surface area contributed by atoms with E-state index >= 15 is 0 Å². The van der Waals surface area contributed by atoms with Crippen LogP contribution in [0.15, 0.2) is 30.5 Å². The molecule has 47 heavy (non-hydrogen) atoms. The minimum atomic E-state index is -4.50. The van der Waals surface area contributed by atoms with Crippen LogP contribution in [0.2, 0.25) is 10.0 Å². The standard InChI is InChI=1S/C32H34Cl2F4N4O5/c1-2-24(26(43)29(45)40-20-6-7-20)41-28(44)25-11-17(3-4-18-5-8-21(13-22(18)34)47-16-32(36,37)38)15-42(25)30(46)31(9-10-31)27-23(35)12-19(33)14-39-27/h5,8,12-14,17,20,24-25H,2-4,6-7,9-11,15-16H2,1H3,(H,40,45)(H,41,44). The summed E-state index contributed by atoms with van der Waals surface area (Å²) < 4.78 is 57.3. The number of nitrogens with zero attached hydrogens (tertiary/aromatic N) is 2. The quantitative estimate of drug-likeness (QED) is 0.222. The van der Waals surface area contributed by atoms with Crippen LogP contribution in [0.5, 0.6) is 5.75 Å². The van der Waals surface area contributed by atoms with E-state index in [1.165, 1.54) is 23.2 Å². The summed E-state index contributed by atoms with van der Waals surface area (Å²) >= 11 is 12.2. The molecule has 3 atom stereocenters. The molecule has 3 amide bonds. The maximum Gasteiger partial charge on any atom is 0.422 e. The van der Waals surface area contributed by atoms with E-state index in [9.17, 15) is 36.7 Å². The number of rotatable bonds is 13. The number of hydrogen-bond donors (Lipinski definition) is 2. The van der Waals surface area contributed by atoms with Crippen molar-refractivity contribution in [3.05, 3.63) is 57.6 Å². The summed E-state index contributed by atoms with van der Waals surface area (Å²) in [7, 11) is 0. The normalized spacial score (nSPS) is 20.8. The number of ketones is 1. The van der Waals surface area contributed by atoms with Crippen LogP contribution in [-0.2, 0) is 31.0 Å². The van der Waals surface area contributed by atoms with E-state index in [1.807, 2.05) is 0 Å². The number of benzene rings is 1. The molecular weight excluding hydrogens is 667 g/mol. The molecule has 3 unspecified atom stereocenters. The Morgan fingerprint density at radius 3 is 2.47 bits per heavy atom. The van der Waals surface area contributed by atoms with Crippen LogP contribution in [0.25, 0.3) is 0 Å². The fraction of sp³-hybridized carbons (Fsp3) is 0.531. The predicted octanol–water partition coefficient (Wildman–Crippen LogP) is 5.09. The second-order valence-electron chi connectivity index (χ2n) is 12.4. The van der Waals surface area contributed by atoms with Gasteiger partial charge in [0.15, 0.2) is 6.61 Å². The summed E-state index contributed by atoms with van der Waals surface area (Å²) in [6.45, 7) is 0.348. The van der Waals surface area contributed by atoms with Crippen LogP contribution >= 0.6 is 23.2 Å². The lowest BCUT2D eigenvalue weighted by molar-refractivity contribution is -0.153. The number of carbonyl (C=O) groups is 4. The molecule has 2 heterocycles. The molecule has 2 aliphatic carbocycles. The molecule has 5 rings (SSSR count). The Morgan fingerprint density at radius 2 is 1.87 bits per heavy atom. The average Bonchev–Trinajstić information content (AvgIpc) is 3.95. The first-order chi connectivity index (χ1) is 22.2. The third-order valence-electron chi connectivity index (χ3n) is 8.80. The number of aromatic nitrogens is 1. The van der Waals surface area contributed by atoms with Gasteiger partial charge in [0.05, 0.1) is 22.2 Å². The van der Waals surface area contributed by atoms with Gasteiger partial charge >= 0.3 is 6.18 Å². The van der Waals surface area contributed by atoms with Gasteiger partial charge in [-0.1, -0.05) is 36.2 Å². The van der Waals surface area contributed by atoms with Gasteiger partial charge in [-0.2, -0.15) is 13.2 Å². The molecule has 1 saturated heterocycles. The lowest BCUT2D eigenvalue weighted by Gasteiger charge is -2.29. The van der Waals surface area contributed by atoms with Gasteiger partial charge in [-0.25, -0.2) is 4.39 Å². The van der Waals surface area contributed by atoms with Gasteiger partial charge in [-0.3, -0.25) is 24.2 Å². The highest BCUT2D eigenvalue weighted by Crippen LogP contribution is 2.51. The van der Waals surface area contributed by atoms with Crippen LogP contribution in [0.1, 0.15) is 63.1 Å². The first-order valence-electron chi connectivity index (χ1n) is 15.5. The van der Waals surface area contributed by atoms with E-state index in [2.05, 4.69) is 15.6 Å². The van der Waals surface area contributed by atoms with Crippen LogP contribution in [0.3, 0.4) is 0 Å². The Bertz CT molecular complexity index is 1550. The molecule has 2 saturated carbocycles.